The molecule has 1 fully saturated rings. The number of furan rings is 1. The quantitative estimate of drug-likeness (QED) is 0.646. The van der Waals surface area contributed by atoms with E-state index in [4.69, 9.17) is 9.15 Å². The van der Waals surface area contributed by atoms with Gasteiger partial charge in [0.05, 0.1) is 23.7 Å². The van der Waals surface area contributed by atoms with E-state index in [-0.39, 0.29) is 11.9 Å². The van der Waals surface area contributed by atoms with Crippen LogP contribution in [-0.4, -0.2) is 48.6 Å². The SMILES string of the molecule is Cc1ccc(C(CNC(=O)c2[nH]c3ccccc3c2Br)N2CCOCC2)o1. The van der Waals surface area contributed by atoms with Crippen molar-refractivity contribution in [3.63, 3.8) is 0 Å². The van der Waals surface area contributed by atoms with Crippen LogP contribution >= 0.6 is 15.9 Å². The maximum atomic E-state index is 12.8. The van der Waals surface area contributed by atoms with Gasteiger partial charge in [0, 0.05) is 30.5 Å². The Labute approximate surface area is 166 Å². The third kappa shape index (κ3) is 3.81. The Morgan fingerprint density at radius 3 is 2.74 bits per heavy atom. The van der Waals surface area contributed by atoms with Gasteiger partial charge in [-0.25, -0.2) is 0 Å². The number of nitrogens with one attached hydrogen (secondary N) is 2. The van der Waals surface area contributed by atoms with E-state index in [0.717, 1.165) is 40.0 Å². The monoisotopic (exact) mass is 431 g/mol. The Kier molecular flexibility index (Phi) is 5.33. The molecular formula is C20H22BrN3O3. The topological polar surface area (TPSA) is 70.5 Å². The summed E-state index contributed by atoms with van der Waals surface area (Å²) in [5.74, 6) is 1.60. The van der Waals surface area contributed by atoms with Crippen LogP contribution in [0.25, 0.3) is 10.9 Å². The standard InChI is InChI=1S/C20H22BrN3O3/c1-13-6-7-17(27-13)16(24-8-10-26-11-9-24)12-22-20(25)19-18(21)14-4-2-3-5-15(14)23-19/h2-7,16,23H,8-12H2,1H3,(H,22,25). The smallest absolute Gasteiger partial charge is 0.268 e. The van der Waals surface area contributed by atoms with Crippen molar-refractivity contribution in [3.8, 4) is 0 Å². The van der Waals surface area contributed by atoms with E-state index in [1.807, 2.05) is 43.3 Å². The number of para-hydroxylation sites is 1. The van der Waals surface area contributed by atoms with Crippen LogP contribution in [0.15, 0.2) is 45.3 Å². The minimum absolute atomic E-state index is 0.0188. The van der Waals surface area contributed by atoms with Crippen LogP contribution in [-0.2, 0) is 4.74 Å². The molecule has 1 amide bonds. The predicted octanol–water partition coefficient (Wildman–Crippen LogP) is 3.64. The summed E-state index contributed by atoms with van der Waals surface area (Å²) < 4.78 is 12.1. The molecule has 27 heavy (non-hydrogen) atoms. The maximum Gasteiger partial charge on any atom is 0.268 e. The molecule has 7 heteroatoms. The molecule has 0 spiro atoms. The first-order valence-corrected chi connectivity index (χ1v) is 9.85. The molecule has 1 unspecified atom stereocenters. The Hall–Kier alpha value is -2.09. The van der Waals surface area contributed by atoms with Crippen molar-refractivity contribution in [2.45, 2.75) is 13.0 Å². The van der Waals surface area contributed by atoms with E-state index in [9.17, 15) is 4.79 Å². The Morgan fingerprint density at radius 2 is 2.04 bits per heavy atom. The molecule has 0 saturated carbocycles. The highest BCUT2D eigenvalue weighted by Crippen LogP contribution is 2.28. The third-order valence-corrected chi connectivity index (χ3v) is 5.73. The summed E-state index contributed by atoms with van der Waals surface area (Å²) in [6, 6.07) is 11.8. The van der Waals surface area contributed by atoms with Crippen LogP contribution in [0, 0.1) is 6.92 Å². The lowest BCUT2D eigenvalue weighted by Crippen LogP contribution is -2.43. The number of benzene rings is 1. The molecule has 3 aromatic rings. The van der Waals surface area contributed by atoms with Gasteiger partial charge in [0.1, 0.15) is 17.2 Å². The number of amides is 1. The first-order valence-electron chi connectivity index (χ1n) is 9.06. The average Bonchev–Trinajstić information content (AvgIpc) is 3.27. The molecule has 1 aliphatic rings. The maximum absolute atomic E-state index is 12.8. The minimum atomic E-state index is -0.139. The largest absolute Gasteiger partial charge is 0.465 e. The van der Waals surface area contributed by atoms with Gasteiger partial charge in [0.2, 0.25) is 0 Å². The summed E-state index contributed by atoms with van der Waals surface area (Å²) in [5, 5.41) is 4.06. The van der Waals surface area contributed by atoms with Gasteiger partial charge in [0.25, 0.3) is 5.91 Å². The summed E-state index contributed by atoms with van der Waals surface area (Å²) in [4.78, 5) is 18.3. The number of hydrogen-bond acceptors (Lipinski definition) is 4. The van der Waals surface area contributed by atoms with Gasteiger partial charge in [-0.2, -0.15) is 0 Å². The highest BCUT2D eigenvalue weighted by Gasteiger charge is 2.26. The molecule has 1 atom stereocenters. The van der Waals surface area contributed by atoms with E-state index >= 15 is 0 Å². The van der Waals surface area contributed by atoms with Crippen molar-refractivity contribution in [3.05, 3.63) is 58.1 Å². The van der Waals surface area contributed by atoms with Gasteiger partial charge in [-0.15, -0.1) is 0 Å². The molecule has 1 aliphatic heterocycles. The van der Waals surface area contributed by atoms with E-state index in [1.165, 1.54) is 0 Å². The van der Waals surface area contributed by atoms with Crippen LogP contribution < -0.4 is 5.32 Å². The Balaban J connectivity index is 1.52. The molecular weight excluding hydrogens is 410 g/mol. The number of H-pyrrole nitrogens is 1. The number of ether oxygens (including phenoxy) is 1. The molecule has 1 saturated heterocycles. The number of rotatable bonds is 5. The summed E-state index contributed by atoms with van der Waals surface area (Å²) in [6.07, 6.45) is 0. The lowest BCUT2D eigenvalue weighted by Gasteiger charge is -2.33. The second-order valence-electron chi connectivity index (χ2n) is 6.68. The Bertz CT molecular complexity index is 943. The average molecular weight is 432 g/mol. The first-order chi connectivity index (χ1) is 13.1. The summed E-state index contributed by atoms with van der Waals surface area (Å²) >= 11 is 3.55. The second kappa shape index (κ2) is 7.88. The lowest BCUT2D eigenvalue weighted by molar-refractivity contribution is 0.0117. The molecule has 2 N–H and O–H groups in total. The first kappa shape index (κ1) is 18.3. The fourth-order valence-electron chi connectivity index (χ4n) is 3.47. The van der Waals surface area contributed by atoms with Crippen molar-refractivity contribution in [1.29, 1.82) is 0 Å². The summed E-state index contributed by atoms with van der Waals surface area (Å²) in [7, 11) is 0. The molecule has 1 aromatic carbocycles. The zero-order chi connectivity index (χ0) is 18.8. The number of aromatic nitrogens is 1. The predicted molar refractivity (Wildman–Crippen MR) is 107 cm³/mol. The van der Waals surface area contributed by atoms with Gasteiger partial charge in [0.15, 0.2) is 0 Å². The number of hydrogen-bond donors (Lipinski definition) is 2. The van der Waals surface area contributed by atoms with Crippen molar-refractivity contribution >= 4 is 32.7 Å². The number of nitrogens with zero attached hydrogens (tertiary/aromatic N) is 1. The summed E-state index contributed by atoms with van der Waals surface area (Å²) in [6.45, 7) is 5.41. The summed E-state index contributed by atoms with van der Waals surface area (Å²) in [5.41, 5.74) is 1.47. The highest BCUT2D eigenvalue weighted by atomic mass is 79.9. The molecule has 0 bridgehead atoms. The number of fused-ring (bicyclic) bond motifs is 1. The van der Waals surface area contributed by atoms with E-state index in [2.05, 4.69) is 31.1 Å². The zero-order valence-electron chi connectivity index (χ0n) is 15.1. The second-order valence-corrected chi connectivity index (χ2v) is 7.48. The lowest BCUT2D eigenvalue weighted by atomic mass is 10.1. The van der Waals surface area contributed by atoms with Crippen molar-refractivity contribution in [1.82, 2.24) is 15.2 Å². The molecule has 0 radical (unpaired) electrons. The number of aromatic amines is 1. The number of morpholine rings is 1. The van der Waals surface area contributed by atoms with Crippen LogP contribution in [0.1, 0.15) is 28.1 Å². The van der Waals surface area contributed by atoms with E-state index in [0.29, 0.717) is 25.5 Å². The van der Waals surface area contributed by atoms with Crippen LogP contribution in [0.5, 0.6) is 0 Å². The number of halogens is 1. The van der Waals surface area contributed by atoms with Crippen LogP contribution in [0.2, 0.25) is 0 Å². The Morgan fingerprint density at radius 1 is 1.26 bits per heavy atom. The molecule has 142 valence electrons. The molecule has 6 nitrogen and oxygen atoms in total. The van der Waals surface area contributed by atoms with Crippen molar-refractivity contribution < 1.29 is 13.9 Å². The minimum Gasteiger partial charge on any atom is -0.465 e. The van der Waals surface area contributed by atoms with Crippen molar-refractivity contribution in [2.75, 3.05) is 32.8 Å². The van der Waals surface area contributed by atoms with Crippen LogP contribution in [0.3, 0.4) is 0 Å². The number of aryl methyl sites for hydroxylation is 1. The highest BCUT2D eigenvalue weighted by molar-refractivity contribution is 9.10. The van der Waals surface area contributed by atoms with Gasteiger partial charge >= 0.3 is 0 Å². The zero-order valence-corrected chi connectivity index (χ0v) is 16.7. The van der Waals surface area contributed by atoms with Gasteiger partial charge in [-0.05, 0) is 41.1 Å². The molecule has 2 aromatic heterocycles. The molecule has 3 heterocycles. The number of carbonyl (C=O) groups is 1. The normalized spacial score (nSPS) is 16.5. The van der Waals surface area contributed by atoms with Crippen molar-refractivity contribution in [2.24, 2.45) is 0 Å². The van der Waals surface area contributed by atoms with E-state index < -0.39 is 0 Å². The number of carbonyl (C=O) groups excluding carboxylic acids is 1. The van der Waals surface area contributed by atoms with Gasteiger partial charge in [-0.1, -0.05) is 18.2 Å². The molecule has 4 rings (SSSR count). The molecule has 0 aliphatic carbocycles. The van der Waals surface area contributed by atoms with Gasteiger partial charge in [-0.3, -0.25) is 9.69 Å². The third-order valence-electron chi connectivity index (χ3n) is 4.90. The fourth-order valence-corrected chi connectivity index (χ4v) is 4.10. The fraction of sp³-hybridized carbons (Fsp3) is 0.350. The van der Waals surface area contributed by atoms with E-state index in [1.54, 1.807) is 0 Å². The van der Waals surface area contributed by atoms with Gasteiger partial charge < -0.3 is 19.5 Å². The van der Waals surface area contributed by atoms with Crippen LogP contribution in [0.4, 0.5) is 0 Å².